The quantitative estimate of drug-likeness (QED) is 0.577. The van der Waals surface area contributed by atoms with E-state index < -0.39 is 0 Å². The van der Waals surface area contributed by atoms with E-state index in [1.807, 2.05) is 54.6 Å². The smallest absolute Gasteiger partial charge is 0.171 e. The molecule has 0 saturated heterocycles. The minimum absolute atomic E-state index is 0.0263. The molecule has 0 amide bonds. The molecule has 0 spiro atoms. The lowest BCUT2D eigenvalue weighted by Gasteiger charge is -2.23. The third-order valence-corrected chi connectivity index (χ3v) is 4.45. The van der Waals surface area contributed by atoms with Crippen molar-refractivity contribution in [3.63, 3.8) is 0 Å². The number of hydrogen-bond donors (Lipinski definition) is 2. The Morgan fingerprint density at radius 1 is 0.920 bits per heavy atom. The van der Waals surface area contributed by atoms with Crippen LogP contribution < -0.4 is 10.6 Å². The Bertz CT molecular complexity index is 865. The molecule has 0 radical (unpaired) electrons. The molecule has 0 aliphatic heterocycles. The molecule has 0 aromatic heterocycles. The first-order valence-corrected chi connectivity index (χ1v) is 8.85. The molecule has 0 saturated carbocycles. The van der Waals surface area contributed by atoms with E-state index in [-0.39, 0.29) is 6.04 Å². The van der Waals surface area contributed by atoms with Crippen LogP contribution in [0.25, 0.3) is 0 Å². The fourth-order valence-corrected chi connectivity index (χ4v) is 3.19. The van der Waals surface area contributed by atoms with Gasteiger partial charge in [-0.1, -0.05) is 72.3 Å². The maximum Gasteiger partial charge on any atom is 0.171 e. The Hall–Kier alpha value is -2.36. The molecule has 3 rings (SSSR count). The van der Waals surface area contributed by atoms with E-state index in [2.05, 4.69) is 41.8 Å². The summed E-state index contributed by atoms with van der Waals surface area (Å²) in [6.45, 7) is 2.11. The van der Waals surface area contributed by atoms with E-state index >= 15 is 0 Å². The summed E-state index contributed by atoms with van der Waals surface area (Å²) in [5.74, 6) is 0. The molecule has 126 valence electrons. The molecule has 1 atom stereocenters. The fourth-order valence-electron chi connectivity index (χ4n) is 2.76. The summed E-state index contributed by atoms with van der Waals surface area (Å²) in [7, 11) is 0. The van der Waals surface area contributed by atoms with Gasteiger partial charge in [-0.3, -0.25) is 0 Å². The maximum atomic E-state index is 6.04. The molecule has 2 N–H and O–H groups in total. The number of hydrogen-bond acceptors (Lipinski definition) is 1. The number of halogens is 1. The van der Waals surface area contributed by atoms with Gasteiger partial charge >= 0.3 is 0 Å². The molecule has 0 bridgehead atoms. The number of thiocarbonyl (C=S) groups is 1. The van der Waals surface area contributed by atoms with Crippen molar-refractivity contribution in [1.29, 1.82) is 0 Å². The van der Waals surface area contributed by atoms with Crippen molar-refractivity contribution >= 4 is 34.6 Å². The van der Waals surface area contributed by atoms with Crippen LogP contribution in [-0.4, -0.2) is 5.11 Å². The van der Waals surface area contributed by atoms with Gasteiger partial charge in [-0.15, -0.1) is 0 Å². The van der Waals surface area contributed by atoms with Gasteiger partial charge in [0.25, 0.3) is 0 Å². The van der Waals surface area contributed by atoms with Gasteiger partial charge in [0, 0.05) is 10.7 Å². The van der Waals surface area contributed by atoms with Gasteiger partial charge in [0.2, 0.25) is 0 Å². The van der Waals surface area contributed by atoms with Crippen LogP contribution in [0.2, 0.25) is 5.02 Å². The summed E-state index contributed by atoms with van der Waals surface area (Å²) in [6, 6.07) is 26.1. The maximum absolute atomic E-state index is 6.04. The molecule has 4 heteroatoms. The predicted octanol–water partition coefficient (Wildman–Crippen LogP) is 5.72. The normalized spacial score (nSPS) is 11.6. The van der Waals surface area contributed by atoms with Gasteiger partial charge in [0.05, 0.1) is 6.04 Å². The largest absolute Gasteiger partial charge is 0.352 e. The second-order valence-corrected chi connectivity index (χ2v) is 6.65. The molecular weight excluding hydrogens is 348 g/mol. The van der Waals surface area contributed by atoms with E-state index in [0.717, 1.165) is 11.3 Å². The van der Waals surface area contributed by atoms with Crippen molar-refractivity contribution in [3.8, 4) is 0 Å². The summed E-state index contributed by atoms with van der Waals surface area (Å²) in [5.41, 5.74) is 4.44. The topological polar surface area (TPSA) is 24.1 Å². The van der Waals surface area contributed by atoms with Crippen molar-refractivity contribution < 1.29 is 0 Å². The van der Waals surface area contributed by atoms with Gasteiger partial charge in [0.15, 0.2) is 5.11 Å². The minimum Gasteiger partial charge on any atom is -0.352 e. The third-order valence-electron chi connectivity index (χ3n) is 3.99. The number of anilines is 1. The van der Waals surface area contributed by atoms with Gasteiger partial charge < -0.3 is 10.6 Å². The molecule has 2 nitrogen and oxygen atoms in total. The second kappa shape index (κ2) is 8.15. The number of benzene rings is 3. The van der Waals surface area contributed by atoms with Crippen molar-refractivity contribution in [1.82, 2.24) is 5.32 Å². The van der Waals surface area contributed by atoms with E-state index in [1.165, 1.54) is 11.1 Å². The van der Waals surface area contributed by atoms with E-state index in [9.17, 15) is 0 Å². The van der Waals surface area contributed by atoms with Crippen molar-refractivity contribution in [3.05, 3.63) is 101 Å². The van der Waals surface area contributed by atoms with Crippen LogP contribution in [0.3, 0.4) is 0 Å². The second-order valence-electron chi connectivity index (χ2n) is 5.81. The number of nitrogens with one attached hydrogen (secondary N) is 2. The molecule has 0 heterocycles. The van der Waals surface area contributed by atoms with Gasteiger partial charge in [-0.05, 0) is 54.0 Å². The highest BCUT2D eigenvalue weighted by Gasteiger charge is 2.16. The highest BCUT2D eigenvalue weighted by atomic mass is 35.5. The Morgan fingerprint density at radius 3 is 2.36 bits per heavy atom. The van der Waals surface area contributed by atoms with Crippen LogP contribution in [0.15, 0.2) is 78.9 Å². The first-order valence-electron chi connectivity index (χ1n) is 8.07. The van der Waals surface area contributed by atoms with Crippen LogP contribution in [0.5, 0.6) is 0 Å². The Labute approximate surface area is 158 Å². The van der Waals surface area contributed by atoms with Crippen molar-refractivity contribution in [2.24, 2.45) is 0 Å². The molecule has 1 unspecified atom stereocenters. The summed E-state index contributed by atoms with van der Waals surface area (Å²) in [4.78, 5) is 0. The first kappa shape index (κ1) is 17.5. The van der Waals surface area contributed by atoms with Crippen LogP contribution in [-0.2, 0) is 0 Å². The minimum atomic E-state index is -0.0263. The van der Waals surface area contributed by atoms with Crippen molar-refractivity contribution in [2.75, 3.05) is 5.32 Å². The average Bonchev–Trinajstić information content (AvgIpc) is 2.61. The molecule has 0 fully saturated rings. The lowest BCUT2D eigenvalue weighted by Crippen LogP contribution is -2.33. The van der Waals surface area contributed by atoms with Gasteiger partial charge in [-0.25, -0.2) is 0 Å². The van der Waals surface area contributed by atoms with E-state index in [0.29, 0.717) is 10.1 Å². The molecule has 3 aromatic rings. The molecule has 0 aliphatic carbocycles. The summed E-state index contributed by atoms with van der Waals surface area (Å²) in [6.07, 6.45) is 0. The Morgan fingerprint density at radius 2 is 1.64 bits per heavy atom. The summed E-state index contributed by atoms with van der Waals surface area (Å²) in [5, 5.41) is 7.87. The highest BCUT2D eigenvalue weighted by Crippen LogP contribution is 2.25. The van der Waals surface area contributed by atoms with Crippen LogP contribution >= 0.6 is 23.8 Å². The monoisotopic (exact) mass is 366 g/mol. The first-order chi connectivity index (χ1) is 12.1. The number of rotatable bonds is 4. The van der Waals surface area contributed by atoms with Crippen LogP contribution in [0.4, 0.5) is 5.69 Å². The Balaban J connectivity index is 1.85. The Kier molecular flexibility index (Phi) is 5.69. The zero-order chi connectivity index (χ0) is 17.6. The lowest BCUT2D eigenvalue weighted by atomic mass is 9.95. The highest BCUT2D eigenvalue weighted by molar-refractivity contribution is 7.80. The molecule has 25 heavy (non-hydrogen) atoms. The SMILES string of the molecule is Cc1ccccc1C(NC(=S)Nc1cccc(Cl)c1)c1ccccc1. The zero-order valence-corrected chi connectivity index (χ0v) is 15.4. The van der Waals surface area contributed by atoms with E-state index in [4.69, 9.17) is 23.8 Å². The molecular formula is C21H19ClN2S. The third kappa shape index (κ3) is 4.59. The van der Waals surface area contributed by atoms with Crippen LogP contribution in [0, 0.1) is 6.92 Å². The summed E-state index contributed by atoms with van der Waals surface area (Å²) < 4.78 is 0. The lowest BCUT2D eigenvalue weighted by molar-refractivity contribution is 0.762. The average molecular weight is 367 g/mol. The molecule has 3 aromatic carbocycles. The fraction of sp³-hybridized carbons (Fsp3) is 0.0952. The van der Waals surface area contributed by atoms with Crippen molar-refractivity contribution in [2.45, 2.75) is 13.0 Å². The standard InChI is InChI=1S/C21H19ClN2S/c1-15-8-5-6-13-19(15)20(16-9-3-2-4-10-16)24-21(25)23-18-12-7-11-17(22)14-18/h2-14,20H,1H3,(H2,23,24,25). The van der Waals surface area contributed by atoms with Gasteiger partial charge in [0.1, 0.15) is 0 Å². The number of aryl methyl sites for hydroxylation is 1. The van der Waals surface area contributed by atoms with Crippen LogP contribution in [0.1, 0.15) is 22.7 Å². The van der Waals surface area contributed by atoms with E-state index in [1.54, 1.807) is 0 Å². The molecule has 0 aliphatic rings. The van der Waals surface area contributed by atoms with Gasteiger partial charge in [-0.2, -0.15) is 0 Å². The predicted molar refractivity (Wildman–Crippen MR) is 110 cm³/mol. The summed E-state index contributed by atoms with van der Waals surface area (Å²) >= 11 is 11.6. The zero-order valence-electron chi connectivity index (χ0n) is 13.9.